The lowest BCUT2D eigenvalue weighted by atomic mass is 10.1. The average molecular weight is 252 g/mol. The van der Waals surface area contributed by atoms with Crippen molar-refractivity contribution in [2.24, 2.45) is 11.7 Å². The summed E-state index contributed by atoms with van der Waals surface area (Å²) in [6.45, 7) is 2.74. The van der Waals surface area contributed by atoms with Crippen LogP contribution >= 0.6 is 0 Å². The third kappa shape index (κ3) is 2.87. The van der Waals surface area contributed by atoms with Crippen molar-refractivity contribution < 1.29 is 9.53 Å². The van der Waals surface area contributed by atoms with Crippen LogP contribution in [0.3, 0.4) is 0 Å². The molecule has 1 unspecified atom stereocenters. The molecule has 0 bridgehead atoms. The van der Waals surface area contributed by atoms with Gasteiger partial charge in [-0.05, 0) is 25.7 Å². The molecule has 1 saturated carbocycles. The third-order valence-corrected chi connectivity index (χ3v) is 3.45. The summed E-state index contributed by atoms with van der Waals surface area (Å²) in [6, 6.07) is 0.339. The van der Waals surface area contributed by atoms with Gasteiger partial charge in [-0.3, -0.25) is 4.79 Å². The number of carbonyl (C=O) groups excluding carboxylic acids is 1. The molecule has 6 nitrogen and oxygen atoms in total. The Morgan fingerprint density at radius 1 is 1.61 bits per heavy atom. The minimum atomic E-state index is -0.375. The number of aromatic nitrogens is 3. The molecule has 1 amide bonds. The van der Waals surface area contributed by atoms with Gasteiger partial charge in [-0.2, -0.15) is 0 Å². The molecule has 1 aromatic heterocycles. The molecule has 1 fully saturated rings. The Morgan fingerprint density at radius 2 is 2.33 bits per heavy atom. The van der Waals surface area contributed by atoms with Crippen LogP contribution in [-0.4, -0.2) is 34.6 Å². The number of nitrogens with zero attached hydrogens (tertiary/aromatic N) is 3. The van der Waals surface area contributed by atoms with Crippen molar-refractivity contribution in [1.29, 1.82) is 0 Å². The zero-order valence-electron chi connectivity index (χ0n) is 10.9. The van der Waals surface area contributed by atoms with Crippen LogP contribution in [0.5, 0.6) is 0 Å². The molecule has 2 rings (SSSR count). The molecule has 2 N–H and O–H groups in total. The van der Waals surface area contributed by atoms with Gasteiger partial charge in [-0.1, -0.05) is 5.21 Å². The Labute approximate surface area is 106 Å². The van der Waals surface area contributed by atoms with E-state index in [1.165, 1.54) is 12.8 Å². The summed E-state index contributed by atoms with van der Waals surface area (Å²) in [6.07, 6.45) is 3.35. The van der Waals surface area contributed by atoms with E-state index in [0.717, 1.165) is 5.69 Å². The maximum atomic E-state index is 11.0. The first kappa shape index (κ1) is 13.0. The Bertz CT molecular complexity index is 426. The Morgan fingerprint density at radius 3 is 2.89 bits per heavy atom. The van der Waals surface area contributed by atoms with E-state index in [9.17, 15) is 4.79 Å². The highest BCUT2D eigenvalue weighted by molar-refractivity contribution is 5.76. The lowest BCUT2D eigenvalue weighted by molar-refractivity contribution is -0.117. The Kier molecular flexibility index (Phi) is 3.96. The number of amides is 1. The molecule has 100 valence electrons. The Balaban J connectivity index is 2.21. The monoisotopic (exact) mass is 252 g/mol. The number of carbonyl (C=O) groups is 1. The maximum Gasteiger partial charge on any atom is 0.223 e. The van der Waals surface area contributed by atoms with Crippen molar-refractivity contribution in [2.45, 2.75) is 38.6 Å². The number of hydrogen-bond donors (Lipinski definition) is 1. The highest BCUT2D eigenvalue weighted by Crippen LogP contribution is 2.39. The maximum absolute atomic E-state index is 11.0. The predicted octanol–water partition coefficient (Wildman–Crippen LogP) is 0.466. The van der Waals surface area contributed by atoms with E-state index in [1.54, 1.807) is 7.11 Å². The molecule has 0 aliphatic heterocycles. The van der Waals surface area contributed by atoms with Crippen LogP contribution < -0.4 is 5.73 Å². The summed E-state index contributed by atoms with van der Waals surface area (Å²) in [4.78, 5) is 11.0. The molecule has 0 saturated heterocycles. The molecule has 0 aromatic carbocycles. The quantitative estimate of drug-likeness (QED) is 0.764. The van der Waals surface area contributed by atoms with Gasteiger partial charge in [-0.15, -0.1) is 5.10 Å². The van der Waals surface area contributed by atoms with Gasteiger partial charge in [0.25, 0.3) is 0 Å². The van der Waals surface area contributed by atoms with E-state index in [-0.39, 0.29) is 12.3 Å². The van der Waals surface area contributed by atoms with E-state index in [0.29, 0.717) is 30.7 Å². The van der Waals surface area contributed by atoms with Crippen molar-refractivity contribution in [2.75, 3.05) is 13.7 Å². The molecule has 18 heavy (non-hydrogen) atoms. The molecule has 1 aliphatic rings. The molecule has 1 atom stereocenters. The topological polar surface area (TPSA) is 83.0 Å². The smallest absolute Gasteiger partial charge is 0.223 e. The van der Waals surface area contributed by atoms with Crippen molar-refractivity contribution in [3.8, 4) is 0 Å². The molecular formula is C12H20N4O2. The van der Waals surface area contributed by atoms with Gasteiger partial charge < -0.3 is 10.5 Å². The SMILES string of the molecule is COCCc1c(CC(N)=O)nnn1C(C)C1CC1. The number of ether oxygens (including phenoxy) is 1. The second kappa shape index (κ2) is 5.48. The lowest BCUT2D eigenvalue weighted by Crippen LogP contribution is -2.18. The normalized spacial score (nSPS) is 16.8. The largest absolute Gasteiger partial charge is 0.384 e. The molecule has 6 heteroatoms. The fourth-order valence-corrected chi connectivity index (χ4v) is 2.21. The molecule has 1 aromatic rings. The summed E-state index contributed by atoms with van der Waals surface area (Å²) in [7, 11) is 1.66. The van der Waals surface area contributed by atoms with Gasteiger partial charge >= 0.3 is 0 Å². The molecule has 1 aliphatic carbocycles. The predicted molar refractivity (Wildman–Crippen MR) is 65.9 cm³/mol. The zero-order valence-corrected chi connectivity index (χ0v) is 10.9. The van der Waals surface area contributed by atoms with Crippen molar-refractivity contribution in [1.82, 2.24) is 15.0 Å². The van der Waals surface area contributed by atoms with E-state index >= 15 is 0 Å². The van der Waals surface area contributed by atoms with Crippen molar-refractivity contribution >= 4 is 5.91 Å². The van der Waals surface area contributed by atoms with Crippen LogP contribution in [0.1, 0.15) is 37.2 Å². The first-order valence-corrected chi connectivity index (χ1v) is 6.33. The van der Waals surface area contributed by atoms with Crippen LogP contribution in [0.2, 0.25) is 0 Å². The fourth-order valence-electron chi connectivity index (χ4n) is 2.21. The molecule has 0 spiro atoms. The number of rotatable bonds is 7. The van der Waals surface area contributed by atoms with Gasteiger partial charge in [0, 0.05) is 13.5 Å². The van der Waals surface area contributed by atoms with E-state index in [2.05, 4.69) is 17.2 Å². The van der Waals surface area contributed by atoms with Crippen LogP contribution in [0.4, 0.5) is 0 Å². The summed E-state index contributed by atoms with van der Waals surface area (Å²) in [5.74, 6) is 0.314. The van der Waals surface area contributed by atoms with Crippen molar-refractivity contribution in [3.63, 3.8) is 0 Å². The van der Waals surface area contributed by atoms with Gasteiger partial charge in [0.05, 0.1) is 30.5 Å². The standard InChI is InChI=1S/C12H20N4O2/c1-8(9-3-4-9)16-11(5-6-18-2)10(14-15-16)7-12(13)17/h8-9H,3-7H2,1-2H3,(H2,13,17). The molecule has 0 radical (unpaired) electrons. The third-order valence-electron chi connectivity index (χ3n) is 3.45. The minimum Gasteiger partial charge on any atom is -0.384 e. The van der Waals surface area contributed by atoms with Crippen LogP contribution in [0, 0.1) is 5.92 Å². The van der Waals surface area contributed by atoms with E-state index < -0.39 is 0 Å². The van der Waals surface area contributed by atoms with Gasteiger partial charge in [0.1, 0.15) is 0 Å². The summed E-state index contributed by atoms with van der Waals surface area (Å²) in [5.41, 5.74) is 6.90. The Hall–Kier alpha value is -1.43. The van der Waals surface area contributed by atoms with Gasteiger partial charge in [0.2, 0.25) is 5.91 Å². The zero-order chi connectivity index (χ0) is 13.1. The number of methoxy groups -OCH3 is 1. The van der Waals surface area contributed by atoms with E-state index in [1.807, 2.05) is 4.68 Å². The van der Waals surface area contributed by atoms with Gasteiger partial charge in [0.15, 0.2) is 0 Å². The second-order valence-electron chi connectivity index (χ2n) is 4.89. The first-order valence-electron chi connectivity index (χ1n) is 6.33. The summed E-state index contributed by atoms with van der Waals surface area (Å²) >= 11 is 0. The van der Waals surface area contributed by atoms with Gasteiger partial charge in [-0.25, -0.2) is 4.68 Å². The second-order valence-corrected chi connectivity index (χ2v) is 4.89. The summed E-state index contributed by atoms with van der Waals surface area (Å²) in [5, 5.41) is 8.28. The first-order chi connectivity index (χ1) is 8.63. The fraction of sp³-hybridized carbons (Fsp3) is 0.750. The highest BCUT2D eigenvalue weighted by atomic mass is 16.5. The van der Waals surface area contributed by atoms with Crippen LogP contribution in [0.15, 0.2) is 0 Å². The van der Waals surface area contributed by atoms with Crippen molar-refractivity contribution in [3.05, 3.63) is 11.4 Å². The highest BCUT2D eigenvalue weighted by Gasteiger charge is 2.31. The molecular weight excluding hydrogens is 232 g/mol. The minimum absolute atomic E-state index is 0.149. The van der Waals surface area contributed by atoms with Crippen LogP contribution in [0.25, 0.3) is 0 Å². The number of hydrogen-bond acceptors (Lipinski definition) is 4. The van der Waals surface area contributed by atoms with E-state index in [4.69, 9.17) is 10.5 Å². The lowest BCUT2D eigenvalue weighted by Gasteiger charge is -2.14. The summed E-state index contributed by atoms with van der Waals surface area (Å²) < 4.78 is 7.04. The molecule has 1 heterocycles. The number of nitrogens with two attached hydrogens (primary N) is 1. The number of primary amides is 1. The van der Waals surface area contributed by atoms with Crippen LogP contribution in [-0.2, 0) is 22.4 Å². The average Bonchev–Trinajstić information content (AvgIpc) is 3.09.